The number of benzene rings is 2. The Morgan fingerprint density at radius 1 is 1.06 bits per heavy atom. The van der Waals surface area contributed by atoms with E-state index in [9.17, 15) is 19.2 Å². The molecule has 34 heavy (non-hydrogen) atoms. The average Bonchev–Trinajstić information content (AvgIpc) is 3.07. The van der Waals surface area contributed by atoms with E-state index < -0.39 is 42.7 Å². The molecule has 13 heteroatoms. The molecule has 0 aliphatic heterocycles. The Kier molecular flexibility index (Phi) is 8.40. The fraction of sp³-hybridized carbons (Fsp3) is 0.190. The molecule has 1 atom stereocenters. The minimum Gasteiger partial charge on any atom is -0.481 e. The number of nitrogens with zero attached hydrogens (tertiary/aromatic N) is 3. The highest BCUT2D eigenvalue weighted by molar-refractivity contribution is 7.03. The second kappa shape index (κ2) is 11.3. The number of carboxylic acids is 1. The molecule has 2 aromatic carbocycles. The van der Waals surface area contributed by atoms with Gasteiger partial charge in [0, 0.05) is 15.6 Å². The van der Waals surface area contributed by atoms with Crippen LogP contribution < -0.4 is 16.2 Å². The number of hydrogen-bond donors (Lipinski definition) is 2. The molecule has 0 saturated heterocycles. The molecule has 0 aliphatic carbocycles. The molecule has 1 amide bonds. The van der Waals surface area contributed by atoms with Crippen LogP contribution in [0.25, 0.3) is 0 Å². The largest absolute Gasteiger partial charge is 0.481 e. The van der Waals surface area contributed by atoms with Gasteiger partial charge < -0.3 is 15.6 Å². The minimum atomic E-state index is -1.21. The van der Waals surface area contributed by atoms with Crippen molar-refractivity contribution in [3.05, 3.63) is 85.0 Å². The third-order valence-electron chi connectivity index (χ3n) is 4.49. The van der Waals surface area contributed by atoms with Crippen molar-refractivity contribution in [2.45, 2.75) is 25.7 Å². The number of esters is 1. The zero-order chi connectivity index (χ0) is 24.8. The number of carbonyl (C=O) groups is 3. The summed E-state index contributed by atoms with van der Waals surface area (Å²) in [6, 6.07) is 11.7. The van der Waals surface area contributed by atoms with Gasteiger partial charge in [0.15, 0.2) is 12.8 Å². The number of carbonyl (C=O) groups excluding carboxylic acids is 2. The zero-order valence-corrected chi connectivity index (χ0v) is 19.8. The summed E-state index contributed by atoms with van der Waals surface area (Å²) in [4.78, 5) is 52.5. The molecule has 10 nitrogen and oxygen atoms in total. The average molecular weight is 526 g/mol. The number of rotatable bonds is 8. The molecular formula is C21H19Cl2N4O6S+. The van der Waals surface area contributed by atoms with Gasteiger partial charge in [-0.1, -0.05) is 35.3 Å². The zero-order valence-electron chi connectivity index (χ0n) is 17.5. The fourth-order valence-corrected chi connectivity index (χ4v) is 3.93. The molecule has 1 aromatic heterocycles. The Hall–Kier alpha value is -3.25. The van der Waals surface area contributed by atoms with Crippen LogP contribution in [0.2, 0.25) is 10.0 Å². The number of halogens is 2. The number of quaternary nitrogens is 1. The molecule has 3 rings (SSSR count). The molecule has 178 valence electrons. The summed E-state index contributed by atoms with van der Waals surface area (Å²) in [6.45, 7) is -0.406. The summed E-state index contributed by atoms with van der Waals surface area (Å²) < 4.78 is 7.43. The molecule has 1 heterocycles. The second-order valence-corrected chi connectivity index (χ2v) is 8.92. The maximum atomic E-state index is 13.0. The highest BCUT2D eigenvalue weighted by atomic mass is 35.5. The van der Waals surface area contributed by atoms with Gasteiger partial charge in [-0.25, -0.2) is 18.1 Å². The van der Waals surface area contributed by atoms with E-state index in [2.05, 4.69) is 10.7 Å². The highest BCUT2D eigenvalue weighted by Crippen LogP contribution is 2.12. The Labute approximate surface area is 206 Å². The number of carboxylic acid groups (broad SMARTS) is 1. The minimum absolute atomic E-state index is 0.00874. The standard InChI is InChI=1S/C21H18Cl2N4O6S/c22-14-5-1-12(2-6-14)10-27-21(32)26(11-33-19(31)16(24)9-17(28)29)20(34-27)25-18(30)13-3-7-15(23)8-4-13/h1-8,16H,9-11,24H2,(H,28,29)/p+1. The first-order valence-electron chi connectivity index (χ1n) is 9.75. The van der Waals surface area contributed by atoms with Crippen LogP contribution in [0.4, 0.5) is 0 Å². The van der Waals surface area contributed by atoms with E-state index in [0.717, 1.165) is 21.7 Å². The number of aliphatic carboxylic acids is 1. The van der Waals surface area contributed by atoms with E-state index in [-0.39, 0.29) is 16.9 Å². The molecule has 4 N–H and O–H groups in total. The van der Waals surface area contributed by atoms with Crippen molar-refractivity contribution in [3.8, 4) is 0 Å². The normalized spacial score (nSPS) is 12.4. The monoisotopic (exact) mass is 525 g/mol. The molecule has 0 saturated carbocycles. The van der Waals surface area contributed by atoms with Crippen LogP contribution in [0.3, 0.4) is 0 Å². The van der Waals surface area contributed by atoms with Crippen molar-refractivity contribution < 1.29 is 30.0 Å². The lowest BCUT2D eigenvalue weighted by Crippen LogP contribution is -2.66. The number of aromatic nitrogens is 2. The van der Waals surface area contributed by atoms with E-state index in [1.165, 1.54) is 28.2 Å². The fourth-order valence-electron chi connectivity index (χ4n) is 2.73. The summed E-state index contributed by atoms with van der Waals surface area (Å²) >= 11 is 12.7. The van der Waals surface area contributed by atoms with E-state index in [4.69, 9.17) is 33.0 Å². The number of hydrogen-bond acceptors (Lipinski definition) is 6. The van der Waals surface area contributed by atoms with Crippen LogP contribution in [0, 0.1) is 0 Å². The van der Waals surface area contributed by atoms with Gasteiger partial charge in [0.05, 0.1) is 6.54 Å². The summed E-state index contributed by atoms with van der Waals surface area (Å²) in [5, 5.41) is 9.80. The molecular weight excluding hydrogens is 507 g/mol. The molecule has 0 bridgehead atoms. The summed E-state index contributed by atoms with van der Waals surface area (Å²) in [7, 11) is 0. The Morgan fingerprint density at radius 3 is 2.24 bits per heavy atom. The first-order chi connectivity index (χ1) is 16.1. The highest BCUT2D eigenvalue weighted by Gasteiger charge is 2.23. The summed E-state index contributed by atoms with van der Waals surface area (Å²) in [6.07, 6.45) is -0.528. The smallest absolute Gasteiger partial charge is 0.367 e. The van der Waals surface area contributed by atoms with Crippen molar-refractivity contribution in [2.24, 2.45) is 4.99 Å². The number of amides is 1. The van der Waals surface area contributed by atoms with Gasteiger partial charge in [-0.15, -0.1) is 0 Å². The van der Waals surface area contributed by atoms with Gasteiger partial charge in [0.1, 0.15) is 6.42 Å². The predicted molar refractivity (Wildman–Crippen MR) is 123 cm³/mol. The van der Waals surface area contributed by atoms with Crippen molar-refractivity contribution >= 4 is 52.6 Å². The Bertz CT molecular complexity index is 1330. The SMILES string of the molecule is [NH3+]C(CC(=O)O)C(=O)OCn1c(=NC(=O)c2ccc(Cl)cc2)sn(Cc2ccc(Cl)cc2)c1=O. The second-order valence-electron chi connectivity index (χ2n) is 7.06. The van der Waals surface area contributed by atoms with Crippen molar-refractivity contribution in [1.82, 2.24) is 8.52 Å². The summed E-state index contributed by atoms with van der Waals surface area (Å²) in [5.41, 5.74) is 3.90. The van der Waals surface area contributed by atoms with Gasteiger partial charge in [0.25, 0.3) is 5.91 Å². The topological polar surface area (TPSA) is 148 Å². The van der Waals surface area contributed by atoms with Crippen LogP contribution in [0.15, 0.2) is 58.3 Å². The van der Waals surface area contributed by atoms with Gasteiger partial charge in [-0.3, -0.25) is 9.59 Å². The van der Waals surface area contributed by atoms with Crippen LogP contribution in [-0.2, 0) is 27.6 Å². The van der Waals surface area contributed by atoms with Crippen LogP contribution >= 0.6 is 34.7 Å². The van der Waals surface area contributed by atoms with E-state index >= 15 is 0 Å². The van der Waals surface area contributed by atoms with E-state index in [1.54, 1.807) is 24.3 Å². The van der Waals surface area contributed by atoms with Crippen molar-refractivity contribution in [3.63, 3.8) is 0 Å². The predicted octanol–water partition coefficient (Wildman–Crippen LogP) is 1.39. The molecule has 0 fully saturated rings. The Morgan fingerprint density at radius 2 is 1.65 bits per heavy atom. The van der Waals surface area contributed by atoms with Gasteiger partial charge >= 0.3 is 17.6 Å². The third-order valence-corrected chi connectivity index (χ3v) is 5.97. The molecule has 3 aromatic rings. The van der Waals surface area contributed by atoms with Gasteiger partial charge in [-0.2, -0.15) is 4.99 Å². The van der Waals surface area contributed by atoms with Crippen LogP contribution in [0.5, 0.6) is 0 Å². The first-order valence-corrected chi connectivity index (χ1v) is 11.3. The van der Waals surface area contributed by atoms with Crippen LogP contribution in [-0.4, -0.2) is 37.5 Å². The lowest BCUT2D eigenvalue weighted by Gasteiger charge is -2.07. The molecule has 0 spiro atoms. The third kappa shape index (κ3) is 6.64. The van der Waals surface area contributed by atoms with Crippen molar-refractivity contribution in [2.75, 3.05) is 0 Å². The number of ether oxygens (including phenoxy) is 1. The maximum absolute atomic E-state index is 13.0. The quantitative estimate of drug-likeness (QED) is 0.424. The molecule has 1 unspecified atom stereocenters. The molecule has 0 aliphatic rings. The van der Waals surface area contributed by atoms with E-state index in [0.29, 0.717) is 10.0 Å². The van der Waals surface area contributed by atoms with Gasteiger partial charge in [-0.05, 0) is 53.5 Å². The summed E-state index contributed by atoms with van der Waals surface area (Å²) in [5.74, 6) is -2.74. The van der Waals surface area contributed by atoms with Gasteiger partial charge in [0.2, 0.25) is 4.80 Å². The lowest BCUT2D eigenvalue weighted by molar-refractivity contribution is -0.408. The van der Waals surface area contributed by atoms with E-state index in [1.807, 2.05) is 0 Å². The van der Waals surface area contributed by atoms with Crippen molar-refractivity contribution in [1.29, 1.82) is 0 Å². The maximum Gasteiger partial charge on any atom is 0.367 e. The van der Waals surface area contributed by atoms with Crippen LogP contribution in [0.1, 0.15) is 22.3 Å². The first kappa shape index (κ1) is 25.4. The molecule has 0 radical (unpaired) electrons. The Balaban J connectivity index is 1.94. The lowest BCUT2D eigenvalue weighted by atomic mass is 10.2.